The third-order valence-corrected chi connectivity index (χ3v) is 6.92. The van der Waals surface area contributed by atoms with Gasteiger partial charge in [0.05, 0.1) is 19.8 Å². The molecule has 1 aliphatic rings. The van der Waals surface area contributed by atoms with Crippen LogP contribution in [0.3, 0.4) is 0 Å². The minimum Gasteiger partial charge on any atom is -0.497 e. The van der Waals surface area contributed by atoms with Gasteiger partial charge in [-0.25, -0.2) is 4.79 Å². The van der Waals surface area contributed by atoms with E-state index < -0.39 is 0 Å². The highest BCUT2D eigenvalue weighted by atomic mass is 16.5. The van der Waals surface area contributed by atoms with Crippen molar-refractivity contribution in [1.82, 2.24) is 0 Å². The summed E-state index contributed by atoms with van der Waals surface area (Å²) in [5.74, 6) is 0.996. The van der Waals surface area contributed by atoms with Crippen molar-refractivity contribution in [3.63, 3.8) is 0 Å². The first-order valence-electron chi connectivity index (χ1n) is 11.8. The van der Waals surface area contributed by atoms with E-state index in [0.717, 1.165) is 24.3 Å². The Hall–Kier alpha value is -3.53. The summed E-state index contributed by atoms with van der Waals surface area (Å²) in [4.78, 5) is 14.0. The number of fused-ring (bicyclic) bond motifs is 1. The van der Waals surface area contributed by atoms with Crippen molar-refractivity contribution in [2.45, 2.75) is 38.6 Å². The Labute approximate surface area is 202 Å². The molecule has 1 aliphatic heterocycles. The van der Waals surface area contributed by atoms with Crippen LogP contribution in [0.5, 0.6) is 5.75 Å². The van der Waals surface area contributed by atoms with Gasteiger partial charge in [-0.1, -0.05) is 56.3 Å². The summed E-state index contributed by atoms with van der Waals surface area (Å²) in [5, 5.41) is 0. The van der Waals surface area contributed by atoms with Crippen molar-refractivity contribution < 1.29 is 14.3 Å². The summed E-state index contributed by atoms with van der Waals surface area (Å²) in [7, 11) is 3.10. The van der Waals surface area contributed by atoms with Gasteiger partial charge in [0.1, 0.15) is 5.75 Å². The molecular formula is C30H33NO3. The fraction of sp³-hybridized carbons (Fsp3) is 0.300. The first-order chi connectivity index (χ1) is 16.4. The highest BCUT2D eigenvalue weighted by Crippen LogP contribution is 2.44. The van der Waals surface area contributed by atoms with Crippen LogP contribution in [0.2, 0.25) is 0 Å². The number of carbonyl (C=O) groups is 1. The summed E-state index contributed by atoms with van der Waals surface area (Å²) in [5.41, 5.74) is 6.95. The van der Waals surface area contributed by atoms with Gasteiger partial charge in [0, 0.05) is 18.3 Å². The van der Waals surface area contributed by atoms with Gasteiger partial charge in [-0.2, -0.15) is 0 Å². The van der Waals surface area contributed by atoms with Gasteiger partial charge in [-0.05, 0) is 77.4 Å². The second kappa shape index (κ2) is 9.76. The van der Waals surface area contributed by atoms with Crippen molar-refractivity contribution in [1.29, 1.82) is 0 Å². The number of methoxy groups -OCH3 is 2. The number of benzene rings is 3. The van der Waals surface area contributed by atoms with Gasteiger partial charge in [0.15, 0.2) is 0 Å². The molecule has 34 heavy (non-hydrogen) atoms. The molecule has 1 unspecified atom stereocenters. The lowest BCUT2D eigenvalue weighted by atomic mass is 9.76. The van der Waals surface area contributed by atoms with Crippen LogP contribution < -0.4 is 9.64 Å². The van der Waals surface area contributed by atoms with E-state index in [4.69, 9.17) is 9.47 Å². The van der Waals surface area contributed by atoms with Gasteiger partial charge >= 0.3 is 5.97 Å². The molecule has 3 aromatic rings. The maximum absolute atomic E-state index is 11.5. The summed E-state index contributed by atoms with van der Waals surface area (Å²) in [6.45, 7) is 7.67. The molecule has 0 saturated heterocycles. The molecular weight excluding hydrogens is 422 g/mol. The Morgan fingerprint density at radius 3 is 2.47 bits per heavy atom. The molecule has 0 radical (unpaired) electrons. The molecule has 0 aliphatic carbocycles. The van der Waals surface area contributed by atoms with Crippen LogP contribution in [-0.4, -0.2) is 26.7 Å². The van der Waals surface area contributed by atoms with Gasteiger partial charge in [0.25, 0.3) is 0 Å². The van der Waals surface area contributed by atoms with Crippen molar-refractivity contribution in [2.24, 2.45) is 0 Å². The largest absolute Gasteiger partial charge is 0.497 e. The van der Waals surface area contributed by atoms with Crippen LogP contribution in [0.15, 0.2) is 72.8 Å². The minimum absolute atomic E-state index is 0.359. The van der Waals surface area contributed by atoms with Crippen LogP contribution in [0.25, 0.3) is 6.08 Å². The maximum Gasteiger partial charge on any atom is 0.330 e. The van der Waals surface area contributed by atoms with Crippen molar-refractivity contribution in [3.05, 3.63) is 101 Å². The molecule has 0 N–H and O–H groups in total. The molecule has 3 aromatic carbocycles. The second-order valence-electron chi connectivity index (χ2n) is 9.23. The zero-order chi connectivity index (χ0) is 24.3. The number of nitrogens with zero attached hydrogens (tertiary/aromatic N) is 1. The third kappa shape index (κ3) is 4.45. The molecule has 176 valence electrons. The quantitative estimate of drug-likeness (QED) is 0.322. The van der Waals surface area contributed by atoms with Crippen LogP contribution in [-0.2, 0) is 21.5 Å². The third-order valence-electron chi connectivity index (χ3n) is 6.92. The molecule has 4 heteroatoms. The summed E-state index contributed by atoms with van der Waals surface area (Å²) in [6, 6.07) is 23.8. The summed E-state index contributed by atoms with van der Waals surface area (Å²) >= 11 is 0. The first-order valence-corrected chi connectivity index (χ1v) is 11.8. The lowest BCUT2D eigenvalue weighted by molar-refractivity contribution is -0.134. The van der Waals surface area contributed by atoms with Gasteiger partial charge in [-0.3, -0.25) is 0 Å². The van der Waals surface area contributed by atoms with E-state index >= 15 is 0 Å². The van der Waals surface area contributed by atoms with Crippen LogP contribution in [0.4, 0.5) is 5.69 Å². The Balaban J connectivity index is 1.82. The maximum atomic E-state index is 11.5. The second-order valence-corrected chi connectivity index (χ2v) is 9.23. The Morgan fingerprint density at radius 1 is 1.03 bits per heavy atom. The highest BCUT2D eigenvalue weighted by molar-refractivity contribution is 5.86. The number of carbonyl (C=O) groups excluding carboxylic acids is 1. The number of esters is 1. The molecule has 0 fully saturated rings. The fourth-order valence-electron chi connectivity index (χ4n) is 4.88. The first kappa shape index (κ1) is 23.6. The van der Waals surface area contributed by atoms with E-state index in [1.54, 1.807) is 13.2 Å². The summed E-state index contributed by atoms with van der Waals surface area (Å²) < 4.78 is 10.2. The van der Waals surface area contributed by atoms with Gasteiger partial charge in [-0.15, -0.1) is 0 Å². The smallest absolute Gasteiger partial charge is 0.330 e. The molecule has 1 heterocycles. The van der Waals surface area contributed by atoms with Crippen molar-refractivity contribution in [3.8, 4) is 5.75 Å². The SMILES string of the molecule is COC(=O)/C=C/c1ccc(C2(C)c3ccc(OC)cc3CCN2c2cccc(C(C)C)c2)cc1. The standard InChI is InChI=1S/C30H33NO3/c1-21(2)23-7-6-8-26(19-23)31-18-17-24-20-27(33-4)14-15-28(24)30(31,3)25-12-9-22(10-13-25)11-16-29(32)34-5/h6-16,19-21H,17-18H2,1-5H3/b16-11+. The predicted molar refractivity (Wildman–Crippen MR) is 139 cm³/mol. The van der Waals surface area contributed by atoms with E-state index in [-0.39, 0.29) is 11.5 Å². The fourth-order valence-corrected chi connectivity index (χ4v) is 4.88. The monoisotopic (exact) mass is 455 g/mol. The normalized spacial score (nSPS) is 17.6. The van der Waals surface area contributed by atoms with E-state index in [2.05, 4.69) is 92.4 Å². The lowest BCUT2D eigenvalue weighted by Crippen LogP contribution is -2.49. The molecule has 4 nitrogen and oxygen atoms in total. The molecule has 0 spiro atoms. The zero-order valence-corrected chi connectivity index (χ0v) is 20.7. The average Bonchev–Trinajstić information content (AvgIpc) is 2.87. The highest BCUT2D eigenvalue weighted by Gasteiger charge is 2.40. The minimum atomic E-state index is -0.361. The predicted octanol–water partition coefficient (Wildman–Crippen LogP) is 6.33. The van der Waals surface area contributed by atoms with Crippen LogP contribution in [0.1, 0.15) is 54.5 Å². The van der Waals surface area contributed by atoms with E-state index in [9.17, 15) is 4.79 Å². The molecule has 0 saturated carbocycles. The summed E-state index contributed by atoms with van der Waals surface area (Å²) in [6.07, 6.45) is 4.18. The number of ether oxygens (including phenoxy) is 2. The lowest BCUT2D eigenvalue weighted by Gasteiger charge is -2.48. The molecule has 1 atom stereocenters. The number of hydrogen-bond acceptors (Lipinski definition) is 4. The van der Waals surface area contributed by atoms with Crippen molar-refractivity contribution in [2.75, 3.05) is 25.7 Å². The van der Waals surface area contributed by atoms with Crippen LogP contribution in [0, 0.1) is 0 Å². The van der Waals surface area contributed by atoms with E-state index in [1.165, 1.54) is 41.1 Å². The van der Waals surface area contributed by atoms with Gasteiger partial charge in [0.2, 0.25) is 0 Å². The molecule has 4 rings (SSSR count). The topological polar surface area (TPSA) is 38.8 Å². The number of hydrogen-bond donors (Lipinski definition) is 0. The molecule has 0 bridgehead atoms. The average molecular weight is 456 g/mol. The molecule has 0 aromatic heterocycles. The zero-order valence-electron chi connectivity index (χ0n) is 20.7. The van der Waals surface area contributed by atoms with Gasteiger partial charge < -0.3 is 14.4 Å². The number of anilines is 1. The molecule has 0 amide bonds. The number of rotatable bonds is 6. The Bertz CT molecular complexity index is 1200. The van der Waals surface area contributed by atoms with E-state index in [1.807, 2.05) is 0 Å². The Morgan fingerprint density at radius 2 is 1.79 bits per heavy atom. The Kier molecular flexibility index (Phi) is 6.78. The van der Waals surface area contributed by atoms with E-state index in [0.29, 0.717) is 5.92 Å². The van der Waals surface area contributed by atoms with Crippen LogP contribution >= 0.6 is 0 Å². The van der Waals surface area contributed by atoms with Crippen molar-refractivity contribution >= 4 is 17.7 Å².